The first kappa shape index (κ1) is 20.3. The van der Waals surface area contributed by atoms with E-state index in [2.05, 4.69) is 15.1 Å². The second-order valence-corrected chi connectivity index (χ2v) is 8.36. The van der Waals surface area contributed by atoms with E-state index in [4.69, 9.17) is 9.26 Å². The third kappa shape index (κ3) is 4.60. The minimum absolute atomic E-state index is 0.116. The Labute approximate surface area is 182 Å². The van der Waals surface area contributed by atoms with E-state index in [1.165, 1.54) is 23.1 Å². The molecule has 0 saturated carbocycles. The summed E-state index contributed by atoms with van der Waals surface area (Å²) in [6, 6.07) is 13.4. The quantitative estimate of drug-likeness (QED) is 0.281. The summed E-state index contributed by atoms with van der Waals surface area (Å²) in [5, 5.41) is 7.39. The van der Waals surface area contributed by atoms with Crippen LogP contribution in [0.15, 0.2) is 63.6 Å². The van der Waals surface area contributed by atoms with Gasteiger partial charge >= 0.3 is 5.97 Å². The van der Waals surface area contributed by atoms with Crippen LogP contribution in [0.4, 0.5) is 0 Å². The molecule has 3 heterocycles. The van der Waals surface area contributed by atoms with Crippen LogP contribution in [-0.2, 0) is 17.1 Å². The Morgan fingerprint density at radius 2 is 2.00 bits per heavy atom. The molecular weight excluding hydrogens is 418 g/mol. The molecule has 0 N–H and O–H groups in total. The molecule has 0 aliphatic rings. The van der Waals surface area contributed by atoms with Crippen molar-refractivity contribution in [1.82, 2.24) is 15.1 Å². The Morgan fingerprint density at radius 3 is 2.77 bits per heavy atom. The monoisotopic (exact) mass is 437 g/mol. The van der Waals surface area contributed by atoms with Gasteiger partial charge in [-0.25, -0.2) is 14.8 Å². The average molecular weight is 438 g/mol. The first-order valence-corrected chi connectivity index (χ1v) is 11.1. The Kier molecular flexibility index (Phi) is 6.25. The zero-order chi connectivity index (χ0) is 20.9. The number of esters is 1. The SMILES string of the molecule is Cc1noc(C)c1CSc1ncccc1C(=O)OCc1csc(-c2ccccc2)n1. The van der Waals surface area contributed by atoms with Crippen molar-refractivity contribution >= 4 is 29.1 Å². The van der Waals surface area contributed by atoms with Gasteiger partial charge in [-0.3, -0.25) is 0 Å². The highest BCUT2D eigenvalue weighted by Crippen LogP contribution is 2.28. The maximum absolute atomic E-state index is 12.7. The van der Waals surface area contributed by atoms with Crippen LogP contribution >= 0.6 is 23.1 Å². The van der Waals surface area contributed by atoms with Crippen LogP contribution in [0.25, 0.3) is 10.6 Å². The van der Waals surface area contributed by atoms with Gasteiger partial charge in [-0.1, -0.05) is 35.5 Å². The van der Waals surface area contributed by atoms with Crippen LogP contribution < -0.4 is 0 Å². The smallest absolute Gasteiger partial charge is 0.341 e. The van der Waals surface area contributed by atoms with Gasteiger partial charge in [-0.15, -0.1) is 23.1 Å². The molecule has 0 aliphatic carbocycles. The molecule has 30 heavy (non-hydrogen) atoms. The molecule has 1 aromatic carbocycles. The van der Waals surface area contributed by atoms with E-state index in [1.54, 1.807) is 18.3 Å². The predicted molar refractivity (Wildman–Crippen MR) is 116 cm³/mol. The third-order valence-electron chi connectivity index (χ3n) is 4.45. The molecule has 0 amide bonds. The third-order valence-corrected chi connectivity index (χ3v) is 6.42. The van der Waals surface area contributed by atoms with Gasteiger partial charge in [0.15, 0.2) is 0 Å². The number of aromatic nitrogens is 3. The largest absolute Gasteiger partial charge is 0.455 e. The number of pyridine rings is 1. The molecule has 0 radical (unpaired) electrons. The summed E-state index contributed by atoms with van der Waals surface area (Å²) in [5.41, 5.74) is 4.07. The summed E-state index contributed by atoms with van der Waals surface area (Å²) < 4.78 is 10.7. The van der Waals surface area contributed by atoms with E-state index in [1.807, 2.05) is 49.6 Å². The number of nitrogens with zero attached hydrogens (tertiary/aromatic N) is 3. The molecular formula is C22H19N3O3S2. The summed E-state index contributed by atoms with van der Waals surface area (Å²) in [6.45, 7) is 3.89. The highest BCUT2D eigenvalue weighted by atomic mass is 32.2. The number of ether oxygens (including phenoxy) is 1. The molecule has 0 bridgehead atoms. The zero-order valence-corrected chi connectivity index (χ0v) is 18.1. The van der Waals surface area contributed by atoms with Gasteiger partial charge in [0, 0.05) is 28.5 Å². The summed E-state index contributed by atoms with van der Waals surface area (Å²) in [6.07, 6.45) is 1.67. The number of rotatable bonds is 7. The van der Waals surface area contributed by atoms with Gasteiger partial charge in [-0.05, 0) is 26.0 Å². The van der Waals surface area contributed by atoms with Crippen molar-refractivity contribution in [2.75, 3.05) is 0 Å². The number of thiazole rings is 1. The number of thioether (sulfide) groups is 1. The lowest BCUT2D eigenvalue weighted by Gasteiger charge is -2.08. The van der Waals surface area contributed by atoms with Crippen LogP contribution in [0.5, 0.6) is 0 Å². The molecule has 4 aromatic rings. The second-order valence-electron chi connectivity index (χ2n) is 6.53. The minimum Gasteiger partial charge on any atom is -0.455 e. The molecule has 0 unspecified atom stereocenters. The van der Waals surface area contributed by atoms with Gasteiger partial charge in [0.05, 0.1) is 17.0 Å². The molecule has 0 atom stereocenters. The molecule has 0 fully saturated rings. The number of hydrogen-bond acceptors (Lipinski definition) is 8. The summed E-state index contributed by atoms with van der Waals surface area (Å²) in [7, 11) is 0. The lowest BCUT2D eigenvalue weighted by Crippen LogP contribution is -2.08. The maximum atomic E-state index is 12.7. The first-order chi connectivity index (χ1) is 14.6. The van der Waals surface area contributed by atoms with Crippen molar-refractivity contribution in [2.24, 2.45) is 0 Å². The Balaban J connectivity index is 1.41. The molecule has 0 aliphatic heterocycles. The standard InChI is InChI=1S/C22H19N3O3S2/c1-14-19(15(2)28-25-14)13-30-21-18(9-6-10-23-21)22(26)27-11-17-12-29-20(24-17)16-7-4-3-5-8-16/h3-10,12H,11,13H2,1-2H3. The van der Waals surface area contributed by atoms with E-state index in [-0.39, 0.29) is 6.61 Å². The minimum atomic E-state index is -0.418. The Morgan fingerprint density at radius 1 is 1.17 bits per heavy atom. The summed E-state index contributed by atoms with van der Waals surface area (Å²) in [4.78, 5) is 21.6. The lowest BCUT2D eigenvalue weighted by atomic mass is 10.2. The molecule has 0 saturated heterocycles. The van der Waals surface area contributed by atoms with Gasteiger partial charge < -0.3 is 9.26 Å². The van der Waals surface area contributed by atoms with Crippen LogP contribution in [0.2, 0.25) is 0 Å². The van der Waals surface area contributed by atoms with E-state index < -0.39 is 5.97 Å². The Hall–Kier alpha value is -2.97. The number of carbonyl (C=O) groups excluding carboxylic acids is 1. The summed E-state index contributed by atoms with van der Waals surface area (Å²) >= 11 is 2.99. The van der Waals surface area contributed by atoms with E-state index in [0.717, 1.165) is 33.3 Å². The molecule has 4 rings (SSSR count). The van der Waals surface area contributed by atoms with Crippen molar-refractivity contribution in [3.8, 4) is 10.6 Å². The summed E-state index contributed by atoms with van der Waals surface area (Å²) in [5.74, 6) is 0.974. The number of carbonyl (C=O) groups is 1. The van der Waals surface area contributed by atoms with Gasteiger partial charge in [0.25, 0.3) is 0 Å². The highest BCUT2D eigenvalue weighted by molar-refractivity contribution is 7.98. The number of hydrogen-bond donors (Lipinski definition) is 0. The number of benzene rings is 1. The Bertz CT molecular complexity index is 1140. The van der Waals surface area contributed by atoms with Crippen molar-refractivity contribution in [3.63, 3.8) is 0 Å². The fraction of sp³-hybridized carbons (Fsp3) is 0.182. The maximum Gasteiger partial charge on any atom is 0.341 e. The molecule has 152 valence electrons. The van der Waals surface area contributed by atoms with Crippen LogP contribution in [-0.4, -0.2) is 21.1 Å². The molecule has 8 heteroatoms. The van der Waals surface area contributed by atoms with Crippen molar-refractivity contribution in [3.05, 3.63) is 82.3 Å². The van der Waals surface area contributed by atoms with E-state index >= 15 is 0 Å². The topological polar surface area (TPSA) is 78.1 Å². The normalized spacial score (nSPS) is 10.9. The van der Waals surface area contributed by atoms with E-state index in [0.29, 0.717) is 16.3 Å². The fourth-order valence-electron chi connectivity index (χ4n) is 2.81. The highest BCUT2D eigenvalue weighted by Gasteiger charge is 2.17. The van der Waals surface area contributed by atoms with Crippen LogP contribution in [0.3, 0.4) is 0 Å². The van der Waals surface area contributed by atoms with Crippen LogP contribution in [0.1, 0.15) is 33.1 Å². The molecule has 6 nitrogen and oxygen atoms in total. The average Bonchev–Trinajstić information content (AvgIpc) is 3.38. The molecule has 3 aromatic heterocycles. The van der Waals surface area contributed by atoms with Crippen molar-refractivity contribution in [2.45, 2.75) is 31.2 Å². The predicted octanol–water partition coefficient (Wildman–Crippen LogP) is 5.46. The van der Waals surface area contributed by atoms with Crippen LogP contribution in [0, 0.1) is 13.8 Å². The second kappa shape index (κ2) is 9.23. The lowest BCUT2D eigenvalue weighted by molar-refractivity contribution is 0.0463. The van der Waals surface area contributed by atoms with Crippen molar-refractivity contribution in [1.29, 1.82) is 0 Å². The van der Waals surface area contributed by atoms with Gasteiger partial charge in [0.2, 0.25) is 0 Å². The van der Waals surface area contributed by atoms with Crippen molar-refractivity contribution < 1.29 is 14.1 Å². The fourth-order valence-corrected chi connectivity index (χ4v) is 4.76. The van der Waals surface area contributed by atoms with Gasteiger partial charge in [0.1, 0.15) is 22.4 Å². The molecule has 0 spiro atoms. The van der Waals surface area contributed by atoms with E-state index in [9.17, 15) is 4.79 Å². The zero-order valence-electron chi connectivity index (χ0n) is 16.5. The van der Waals surface area contributed by atoms with Gasteiger partial charge in [-0.2, -0.15) is 0 Å². The first-order valence-electron chi connectivity index (χ1n) is 9.28. The number of aryl methyl sites for hydroxylation is 2.